The molecule has 0 saturated heterocycles. The quantitative estimate of drug-likeness (QED) is 0.622. The van der Waals surface area contributed by atoms with Crippen molar-refractivity contribution in [3.05, 3.63) is 41.8 Å². The summed E-state index contributed by atoms with van der Waals surface area (Å²) in [4.78, 5) is 4.44. The molecule has 2 aliphatic carbocycles. The molecular formula is C17H16FN5OS. The molecule has 2 saturated carbocycles. The fourth-order valence-corrected chi connectivity index (χ4v) is 3.66. The molecule has 8 heteroatoms. The number of hydrogen-bond donors (Lipinski definition) is 0. The average Bonchev–Trinajstić information content (AvgIpc) is 3.56. The van der Waals surface area contributed by atoms with E-state index in [9.17, 15) is 4.39 Å². The van der Waals surface area contributed by atoms with Crippen molar-refractivity contribution in [1.82, 2.24) is 24.9 Å². The molecule has 3 aromatic rings. The van der Waals surface area contributed by atoms with Gasteiger partial charge in [-0.2, -0.15) is 4.98 Å². The first-order valence-corrected chi connectivity index (χ1v) is 9.43. The summed E-state index contributed by atoms with van der Waals surface area (Å²) >= 11 is 1.52. The van der Waals surface area contributed by atoms with Crippen LogP contribution in [0.4, 0.5) is 4.39 Å². The van der Waals surface area contributed by atoms with Gasteiger partial charge in [0.25, 0.3) is 0 Å². The highest BCUT2D eigenvalue weighted by Crippen LogP contribution is 2.42. The van der Waals surface area contributed by atoms with Crippen LogP contribution in [0.5, 0.6) is 0 Å². The maximum Gasteiger partial charge on any atom is 0.229 e. The standard InChI is InChI=1S/C17H16FN5OS/c18-13-4-2-1-3-12(13)15-20-21-17(23(15)11-7-8-11)25-9-14-19-16(24-22-14)10-5-6-10/h1-4,10-11H,5-9H2. The molecule has 128 valence electrons. The van der Waals surface area contributed by atoms with Gasteiger partial charge in [0.1, 0.15) is 5.82 Å². The maximum absolute atomic E-state index is 14.2. The van der Waals surface area contributed by atoms with Crippen molar-refractivity contribution in [3.8, 4) is 11.4 Å². The third-order valence-corrected chi connectivity index (χ3v) is 5.37. The first kappa shape index (κ1) is 15.1. The zero-order valence-electron chi connectivity index (χ0n) is 13.4. The lowest BCUT2D eigenvalue weighted by molar-refractivity contribution is 0.375. The topological polar surface area (TPSA) is 69.6 Å². The second-order valence-electron chi connectivity index (χ2n) is 6.50. The minimum absolute atomic E-state index is 0.277. The van der Waals surface area contributed by atoms with Crippen LogP contribution < -0.4 is 0 Å². The molecule has 0 bridgehead atoms. The van der Waals surface area contributed by atoms with E-state index < -0.39 is 0 Å². The van der Waals surface area contributed by atoms with E-state index in [0.717, 1.165) is 36.7 Å². The van der Waals surface area contributed by atoms with Crippen molar-refractivity contribution in [3.63, 3.8) is 0 Å². The molecule has 0 N–H and O–H groups in total. The molecule has 0 unspecified atom stereocenters. The van der Waals surface area contributed by atoms with Crippen LogP contribution in [0.2, 0.25) is 0 Å². The summed E-state index contributed by atoms with van der Waals surface area (Å²) in [5.41, 5.74) is 0.490. The van der Waals surface area contributed by atoms with Crippen LogP contribution in [0, 0.1) is 5.82 Å². The van der Waals surface area contributed by atoms with Gasteiger partial charge in [0, 0.05) is 12.0 Å². The van der Waals surface area contributed by atoms with Crippen LogP contribution in [0.1, 0.15) is 49.4 Å². The zero-order valence-corrected chi connectivity index (χ0v) is 14.2. The normalized spacial score (nSPS) is 17.2. The fourth-order valence-electron chi connectivity index (χ4n) is 2.81. The minimum atomic E-state index is -0.277. The Morgan fingerprint density at radius 1 is 1.16 bits per heavy atom. The van der Waals surface area contributed by atoms with E-state index in [0.29, 0.717) is 34.9 Å². The largest absolute Gasteiger partial charge is 0.339 e. The van der Waals surface area contributed by atoms with Crippen molar-refractivity contribution >= 4 is 11.8 Å². The third-order valence-electron chi connectivity index (χ3n) is 4.43. The van der Waals surface area contributed by atoms with Crippen molar-refractivity contribution in [2.24, 2.45) is 0 Å². The highest BCUT2D eigenvalue weighted by Gasteiger charge is 2.32. The molecule has 1 aromatic carbocycles. The van der Waals surface area contributed by atoms with Crippen LogP contribution in [0.25, 0.3) is 11.4 Å². The van der Waals surface area contributed by atoms with Crippen LogP contribution in [0.15, 0.2) is 33.9 Å². The Bertz CT molecular complexity index is 915. The van der Waals surface area contributed by atoms with E-state index in [1.165, 1.54) is 17.8 Å². The number of rotatable bonds is 6. The van der Waals surface area contributed by atoms with Gasteiger partial charge in [-0.05, 0) is 37.8 Å². The molecule has 0 spiro atoms. The molecule has 25 heavy (non-hydrogen) atoms. The Balaban J connectivity index is 1.40. The van der Waals surface area contributed by atoms with Crippen LogP contribution in [0.3, 0.4) is 0 Å². The van der Waals surface area contributed by atoms with E-state index in [1.54, 1.807) is 12.1 Å². The first-order valence-electron chi connectivity index (χ1n) is 8.44. The van der Waals surface area contributed by atoms with E-state index in [2.05, 4.69) is 20.3 Å². The Morgan fingerprint density at radius 3 is 2.76 bits per heavy atom. The Kier molecular flexibility index (Phi) is 3.58. The molecule has 2 aromatic heterocycles. The number of benzene rings is 1. The molecule has 6 nitrogen and oxygen atoms in total. The summed E-state index contributed by atoms with van der Waals surface area (Å²) in [7, 11) is 0. The lowest BCUT2D eigenvalue weighted by Gasteiger charge is -2.08. The van der Waals surface area contributed by atoms with Crippen molar-refractivity contribution in [2.45, 2.75) is 48.6 Å². The summed E-state index contributed by atoms with van der Waals surface area (Å²) < 4.78 is 21.5. The summed E-state index contributed by atoms with van der Waals surface area (Å²) in [6.07, 6.45) is 4.41. The van der Waals surface area contributed by atoms with Gasteiger partial charge in [-0.1, -0.05) is 29.1 Å². The van der Waals surface area contributed by atoms with E-state index in [1.807, 2.05) is 10.6 Å². The molecule has 0 atom stereocenters. The lowest BCUT2D eigenvalue weighted by atomic mass is 10.2. The van der Waals surface area contributed by atoms with Crippen LogP contribution >= 0.6 is 11.8 Å². The number of hydrogen-bond acceptors (Lipinski definition) is 6. The van der Waals surface area contributed by atoms with Gasteiger partial charge in [0.05, 0.1) is 11.3 Å². The predicted octanol–water partition coefficient (Wildman–Crippen LogP) is 3.97. The highest BCUT2D eigenvalue weighted by atomic mass is 32.2. The van der Waals surface area contributed by atoms with Gasteiger partial charge in [0.15, 0.2) is 16.8 Å². The summed E-state index contributed by atoms with van der Waals surface area (Å²) in [6.45, 7) is 0. The monoisotopic (exact) mass is 357 g/mol. The Labute approximate surface area is 147 Å². The third kappa shape index (κ3) is 2.95. The number of halogens is 1. The summed E-state index contributed by atoms with van der Waals surface area (Å²) in [5, 5.41) is 13.4. The number of aromatic nitrogens is 5. The van der Waals surface area contributed by atoms with Gasteiger partial charge in [-0.3, -0.25) is 4.57 Å². The van der Waals surface area contributed by atoms with Gasteiger partial charge in [0.2, 0.25) is 5.89 Å². The zero-order chi connectivity index (χ0) is 16.8. The van der Waals surface area contributed by atoms with Gasteiger partial charge in [-0.25, -0.2) is 4.39 Å². The fraction of sp³-hybridized carbons (Fsp3) is 0.412. The second kappa shape index (κ2) is 5.94. The van der Waals surface area contributed by atoms with E-state index in [-0.39, 0.29) is 5.82 Å². The van der Waals surface area contributed by atoms with E-state index >= 15 is 0 Å². The first-order chi connectivity index (χ1) is 12.3. The second-order valence-corrected chi connectivity index (χ2v) is 7.44. The van der Waals surface area contributed by atoms with Gasteiger partial charge >= 0.3 is 0 Å². The Morgan fingerprint density at radius 2 is 2.00 bits per heavy atom. The summed E-state index contributed by atoms with van der Waals surface area (Å²) in [5.74, 6) is 2.75. The average molecular weight is 357 g/mol. The lowest BCUT2D eigenvalue weighted by Crippen LogP contribution is -2.01. The number of thioether (sulfide) groups is 1. The van der Waals surface area contributed by atoms with Crippen LogP contribution in [-0.4, -0.2) is 24.9 Å². The molecular weight excluding hydrogens is 341 g/mol. The molecule has 0 aliphatic heterocycles. The predicted molar refractivity (Wildman–Crippen MR) is 89.5 cm³/mol. The molecule has 5 rings (SSSR count). The Hall–Kier alpha value is -2.22. The number of nitrogens with zero attached hydrogens (tertiary/aromatic N) is 5. The molecule has 2 aliphatic rings. The molecule has 0 radical (unpaired) electrons. The van der Waals surface area contributed by atoms with Crippen molar-refractivity contribution in [1.29, 1.82) is 0 Å². The van der Waals surface area contributed by atoms with Gasteiger partial charge < -0.3 is 4.52 Å². The molecule has 0 amide bonds. The smallest absolute Gasteiger partial charge is 0.229 e. The van der Waals surface area contributed by atoms with Crippen molar-refractivity contribution in [2.75, 3.05) is 0 Å². The minimum Gasteiger partial charge on any atom is -0.339 e. The van der Waals surface area contributed by atoms with Crippen molar-refractivity contribution < 1.29 is 8.91 Å². The molecule has 2 heterocycles. The van der Waals surface area contributed by atoms with E-state index in [4.69, 9.17) is 4.52 Å². The van der Waals surface area contributed by atoms with Crippen LogP contribution in [-0.2, 0) is 5.75 Å². The summed E-state index contributed by atoms with van der Waals surface area (Å²) in [6, 6.07) is 7.04. The highest BCUT2D eigenvalue weighted by molar-refractivity contribution is 7.98. The molecule has 2 fully saturated rings. The van der Waals surface area contributed by atoms with Gasteiger partial charge in [-0.15, -0.1) is 10.2 Å². The SMILES string of the molecule is Fc1ccccc1-c1nnc(SCc2noc(C3CC3)n2)n1C1CC1. The maximum atomic E-state index is 14.2.